The quantitative estimate of drug-likeness (QED) is 0.871. The highest BCUT2D eigenvalue weighted by molar-refractivity contribution is 5.95. The fourth-order valence-electron chi connectivity index (χ4n) is 2.26. The van der Waals surface area contributed by atoms with Crippen LogP contribution in [0, 0.1) is 11.6 Å². The SMILES string of the molecule is COc1cccc(N(CCC(=O)Nc2ccc(F)cc2F)C(C)=O)c1. The summed E-state index contributed by atoms with van der Waals surface area (Å²) in [4.78, 5) is 25.3. The molecule has 0 saturated carbocycles. The molecule has 25 heavy (non-hydrogen) atoms. The van der Waals surface area contributed by atoms with Gasteiger partial charge in [0.2, 0.25) is 11.8 Å². The van der Waals surface area contributed by atoms with Gasteiger partial charge in [-0.25, -0.2) is 8.78 Å². The summed E-state index contributed by atoms with van der Waals surface area (Å²) in [5.74, 6) is -1.73. The highest BCUT2D eigenvalue weighted by Crippen LogP contribution is 2.21. The normalized spacial score (nSPS) is 10.2. The molecule has 0 aliphatic carbocycles. The minimum Gasteiger partial charge on any atom is -0.497 e. The minimum atomic E-state index is -0.857. The number of carbonyl (C=O) groups is 2. The number of anilines is 2. The Hall–Kier alpha value is -2.96. The molecule has 0 saturated heterocycles. The molecule has 0 aromatic heterocycles. The average molecular weight is 348 g/mol. The van der Waals surface area contributed by atoms with Gasteiger partial charge in [-0.15, -0.1) is 0 Å². The fraction of sp³-hybridized carbons (Fsp3) is 0.222. The third-order valence-electron chi connectivity index (χ3n) is 3.51. The lowest BCUT2D eigenvalue weighted by Gasteiger charge is -2.21. The zero-order valence-electron chi connectivity index (χ0n) is 13.9. The molecule has 7 heteroatoms. The molecule has 132 valence electrons. The summed E-state index contributed by atoms with van der Waals surface area (Å²) in [6.45, 7) is 1.49. The first-order chi connectivity index (χ1) is 11.9. The molecule has 0 bridgehead atoms. The van der Waals surface area contributed by atoms with Crippen LogP contribution in [-0.2, 0) is 9.59 Å². The van der Waals surface area contributed by atoms with E-state index >= 15 is 0 Å². The van der Waals surface area contributed by atoms with Gasteiger partial charge in [-0.2, -0.15) is 0 Å². The number of nitrogens with one attached hydrogen (secondary N) is 1. The van der Waals surface area contributed by atoms with E-state index in [0.717, 1.165) is 12.1 Å². The summed E-state index contributed by atoms with van der Waals surface area (Å²) in [5, 5.41) is 2.36. The zero-order chi connectivity index (χ0) is 18.4. The number of rotatable bonds is 6. The third kappa shape index (κ3) is 5.00. The Morgan fingerprint density at radius 1 is 1.16 bits per heavy atom. The van der Waals surface area contributed by atoms with E-state index in [1.165, 1.54) is 18.9 Å². The molecule has 2 aromatic carbocycles. The van der Waals surface area contributed by atoms with E-state index in [0.29, 0.717) is 17.5 Å². The van der Waals surface area contributed by atoms with Crippen LogP contribution in [0.4, 0.5) is 20.2 Å². The van der Waals surface area contributed by atoms with Gasteiger partial charge in [0, 0.05) is 37.7 Å². The number of ether oxygens (including phenoxy) is 1. The molecule has 2 amide bonds. The van der Waals surface area contributed by atoms with Crippen LogP contribution in [0.3, 0.4) is 0 Å². The van der Waals surface area contributed by atoms with Gasteiger partial charge in [0.05, 0.1) is 12.8 Å². The Labute approximate surface area is 144 Å². The van der Waals surface area contributed by atoms with Crippen molar-refractivity contribution in [3.63, 3.8) is 0 Å². The maximum atomic E-state index is 13.6. The topological polar surface area (TPSA) is 58.6 Å². The van der Waals surface area contributed by atoms with Crippen LogP contribution in [0.1, 0.15) is 13.3 Å². The van der Waals surface area contributed by atoms with Gasteiger partial charge in [-0.05, 0) is 24.3 Å². The smallest absolute Gasteiger partial charge is 0.226 e. The number of amides is 2. The minimum absolute atomic E-state index is 0.0480. The summed E-state index contributed by atoms with van der Waals surface area (Å²) in [5.41, 5.74) is 0.481. The number of benzene rings is 2. The number of methoxy groups -OCH3 is 1. The molecule has 2 rings (SSSR count). The Balaban J connectivity index is 2.03. The lowest BCUT2D eigenvalue weighted by Crippen LogP contribution is -2.32. The first-order valence-electron chi connectivity index (χ1n) is 7.57. The highest BCUT2D eigenvalue weighted by atomic mass is 19.1. The molecule has 0 radical (unpaired) electrons. The first-order valence-corrected chi connectivity index (χ1v) is 7.57. The number of hydrogen-bond donors (Lipinski definition) is 1. The summed E-state index contributed by atoms with van der Waals surface area (Å²) < 4.78 is 31.5. The molecule has 0 aliphatic heterocycles. The molecule has 2 aromatic rings. The second-order valence-corrected chi connectivity index (χ2v) is 5.29. The van der Waals surface area contributed by atoms with Gasteiger partial charge < -0.3 is 15.0 Å². The first kappa shape index (κ1) is 18.4. The van der Waals surface area contributed by atoms with Crippen LogP contribution in [0.15, 0.2) is 42.5 Å². The Morgan fingerprint density at radius 2 is 1.92 bits per heavy atom. The van der Waals surface area contributed by atoms with E-state index in [9.17, 15) is 18.4 Å². The molecule has 0 aliphatic rings. The summed E-state index contributed by atoms with van der Waals surface area (Å²) in [6, 6.07) is 9.77. The van der Waals surface area contributed by atoms with Gasteiger partial charge in [-0.1, -0.05) is 6.07 Å². The fourth-order valence-corrected chi connectivity index (χ4v) is 2.26. The van der Waals surface area contributed by atoms with Gasteiger partial charge in [-0.3, -0.25) is 9.59 Å². The lowest BCUT2D eigenvalue weighted by molar-refractivity contribution is -0.117. The maximum absolute atomic E-state index is 13.6. The largest absolute Gasteiger partial charge is 0.497 e. The van der Waals surface area contributed by atoms with Crippen LogP contribution >= 0.6 is 0 Å². The van der Waals surface area contributed by atoms with Crippen molar-refractivity contribution in [3.05, 3.63) is 54.1 Å². The van der Waals surface area contributed by atoms with Crippen molar-refractivity contribution in [2.45, 2.75) is 13.3 Å². The van der Waals surface area contributed by atoms with Crippen molar-refractivity contribution >= 4 is 23.2 Å². The van der Waals surface area contributed by atoms with Crippen molar-refractivity contribution in [1.82, 2.24) is 0 Å². The third-order valence-corrected chi connectivity index (χ3v) is 3.51. The predicted molar refractivity (Wildman–Crippen MR) is 90.6 cm³/mol. The Kier molecular flexibility index (Phi) is 6.05. The van der Waals surface area contributed by atoms with E-state index < -0.39 is 17.5 Å². The molecule has 5 nitrogen and oxygen atoms in total. The molecule has 0 fully saturated rings. The lowest BCUT2D eigenvalue weighted by atomic mass is 10.2. The molecular weight excluding hydrogens is 330 g/mol. The molecule has 0 atom stereocenters. The van der Waals surface area contributed by atoms with Crippen molar-refractivity contribution in [3.8, 4) is 5.75 Å². The van der Waals surface area contributed by atoms with Crippen LogP contribution in [-0.4, -0.2) is 25.5 Å². The van der Waals surface area contributed by atoms with Crippen molar-refractivity contribution in [2.24, 2.45) is 0 Å². The summed E-state index contributed by atoms with van der Waals surface area (Å²) >= 11 is 0. The van der Waals surface area contributed by atoms with E-state index in [1.54, 1.807) is 24.3 Å². The van der Waals surface area contributed by atoms with Gasteiger partial charge in [0.1, 0.15) is 17.4 Å². The van der Waals surface area contributed by atoms with E-state index in [-0.39, 0.29) is 24.6 Å². The second kappa shape index (κ2) is 8.23. The number of halogens is 2. The average Bonchev–Trinajstić information content (AvgIpc) is 2.57. The number of nitrogens with zero attached hydrogens (tertiary/aromatic N) is 1. The zero-order valence-corrected chi connectivity index (χ0v) is 13.9. The van der Waals surface area contributed by atoms with E-state index in [2.05, 4.69) is 5.32 Å². The van der Waals surface area contributed by atoms with Crippen molar-refractivity contribution < 1.29 is 23.1 Å². The van der Waals surface area contributed by atoms with E-state index in [1.807, 2.05) is 0 Å². The maximum Gasteiger partial charge on any atom is 0.226 e. The Bertz CT molecular complexity index is 781. The molecule has 0 heterocycles. The van der Waals surface area contributed by atoms with Gasteiger partial charge in [0.15, 0.2) is 0 Å². The van der Waals surface area contributed by atoms with Crippen LogP contribution in [0.25, 0.3) is 0 Å². The van der Waals surface area contributed by atoms with Gasteiger partial charge in [0.25, 0.3) is 0 Å². The monoisotopic (exact) mass is 348 g/mol. The standard InChI is InChI=1S/C18H18F2N2O3/c1-12(23)22(14-4-3-5-15(11-14)25-2)9-8-18(24)21-17-7-6-13(19)10-16(17)20/h3-7,10-11H,8-9H2,1-2H3,(H,21,24). The van der Waals surface area contributed by atoms with Crippen molar-refractivity contribution in [1.29, 1.82) is 0 Å². The summed E-state index contributed by atoms with van der Waals surface area (Å²) in [7, 11) is 1.52. The highest BCUT2D eigenvalue weighted by Gasteiger charge is 2.15. The van der Waals surface area contributed by atoms with E-state index in [4.69, 9.17) is 4.74 Å². The number of hydrogen-bond acceptors (Lipinski definition) is 3. The number of carbonyl (C=O) groups excluding carboxylic acids is 2. The molecule has 0 unspecified atom stereocenters. The molecule has 1 N–H and O–H groups in total. The Morgan fingerprint density at radius 3 is 2.56 bits per heavy atom. The van der Waals surface area contributed by atoms with Gasteiger partial charge >= 0.3 is 0 Å². The molecule has 0 spiro atoms. The van der Waals surface area contributed by atoms with Crippen LogP contribution < -0.4 is 15.0 Å². The molecular formula is C18H18F2N2O3. The van der Waals surface area contributed by atoms with Crippen LogP contribution in [0.5, 0.6) is 5.75 Å². The predicted octanol–water partition coefficient (Wildman–Crippen LogP) is 3.36. The van der Waals surface area contributed by atoms with Crippen LogP contribution in [0.2, 0.25) is 0 Å². The summed E-state index contributed by atoms with van der Waals surface area (Å²) in [6.07, 6.45) is -0.0480. The second-order valence-electron chi connectivity index (χ2n) is 5.29. The van der Waals surface area contributed by atoms with Crippen molar-refractivity contribution in [2.75, 3.05) is 23.9 Å².